The number of hydrogen-bond acceptors (Lipinski definition) is 3. The van der Waals surface area contributed by atoms with Crippen molar-refractivity contribution in [3.8, 4) is 0 Å². The summed E-state index contributed by atoms with van der Waals surface area (Å²) in [5, 5.41) is 19.1. The molecule has 0 amide bonds. The summed E-state index contributed by atoms with van der Waals surface area (Å²) in [7, 11) is 1.31. The first-order valence-electron chi connectivity index (χ1n) is 5.59. The molecule has 88 valence electrons. The highest BCUT2D eigenvalue weighted by Gasteiger charge is 2.25. The highest BCUT2D eigenvalue weighted by Crippen LogP contribution is 2.27. The molecule has 0 radical (unpaired) electrons. The van der Waals surface area contributed by atoms with Crippen molar-refractivity contribution in [2.24, 2.45) is 0 Å². The van der Waals surface area contributed by atoms with Gasteiger partial charge in [-0.05, 0) is 24.1 Å². The van der Waals surface area contributed by atoms with Crippen molar-refractivity contribution in [1.82, 2.24) is 4.81 Å². The number of hydroxylamine groups is 2. The third-order valence-electron chi connectivity index (χ3n) is 2.97. The predicted molar refractivity (Wildman–Crippen MR) is 60.2 cm³/mol. The second kappa shape index (κ2) is 4.51. The Labute approximate surface area is 95.2 Å². The molecule has 0 unspecified atom stereocenters. The lowest BCUT2D eigenvalue weighted by molar-refractivity contribution is -0.272. The summed E-state index contributed by atoms with van der Waals surface area (Å²) in [6.07, 6.45) is 3.82. The van der Waals surface area contributed by atoms with Crippen LogP contribution in [0.1, 0.15) is 24.8 Å². The molecule has 4 heteroatoms. The molecule has 0 aromatic heterocycles. The van der Waals surface area contributed by atoms with Crippen LogP contribution in [0.2, 0.25) is 0 Å². The fourth-order valence-corrected chi connectivity index (χ4v) is 1.79. The monoisotopic (exact) mass is 224 g/mol. The van der Waals surface area contributed by atoms with E-state index in [1.807, 2.05) is 12.1 Å². The van der Waals surface area contributed by atoms with Gasteiger partial charge in [0.05, 0.1) is 12.7 Å². The van der Waals surface area contributed by atoms with Gasteiger partial charge in [-0.3, -0.25) is 0 Å². The Balaban J connectivity index is 2.06. The molecule has 16 heavy (non-hydrogen) atoms. The van der Waals surface area contributed by atoms with Gasteiger partial charge in [-0.2, -0.15) is 10.4 Å². The van der Waals surface area contributed by atoms with Crippen LogP contribution in [0.5, 0.6) is 0 Å². The molecule has 1 saturated carbocycles. The predicted octanol–water partition coefficient (Wildman–Crippen LogP) is 2.47. The lowest BCUT2D eigenvalue weighted by Gasteiger charge is -2.26. The van der Waals surface area contributed by atoms with Crippen LogP contribution in [-0.2, 0) is 11.3 Å². The lowest BCUT2D eigenvalue weighted by Crippen LogP contribution is -2.37. The van der Waals surface area contributed by atoms with Crippen molar-refractivity contribution in [2.75, 3.05) is 7.05 Å². The van der Waals surface area contributed by atoms with E-state index in [0.717, 1.165) is 18.4 Å². The van der Waals surface area contributed by atoms with E-state index in [-0.39, 0.29) is 0 Å². The summed E-state index contributed by atoms with van der Waals surface area (Å²) in [6.45, 7) is 0.440. The maximum Gasteiger partial charge on any atom is 0.204 e. The van der Waals surface area contributed by atoms with E-state index in [9.17, 15) is 10.4 Å². The van der Waals surface area contributed by atoms with Gasteiger partial charge in [0.2, 0.25) is 5.69 Å². The Bertz CT molecular complexity index is 356. The number of rotatable bonds is 4. The minimum Gasteiger partial charge on any atom is -0.373 e. The second-order valence-electron chi connectivity index (χ2n) is 4.41. The first kappa shape index (κ1) is 11.5. The molecule has 0 spiro atoms. The summed E-state index contributed by atoms with van der Waals surface area (Å²) in [6, 6.07) is 7.21. The van der Waals surface area contributed by atoms with Crippen molar-refractivity contribution in [1.29, 1.82) is 0 Å². The van der Waals surface area contributed by atoms with E-state index < -0.39 is 4.81 Å². The van der Waals surface area contributed by atoms with Gasteiger partial charge >= 0.3 is 0 Å². The van der Waals surface area contributed by atoms with E-state index in [2.05, 4.69) is 0 Å². The molecule has 1 aromatic carbocycles. The van der Waals surface area contributed by atoms with E-state index in [1.165, 1.54) is 13.5 Å². The Morgan fingerprint density at radius 1 is 1.31 bits per heavy atom. The van der Waals surface area contributed by atoms with Crippen LogP contribution in [0.25, 0.3) is 0 Å². The molecule has 4 nitrogen and oxygen atoms in total. The molecule has 0 atom stereocenters. The fraction of sp³-hybridized carbons (Fsp3) is 0.500. The number of hydrogen-bond donors (Lipinski definition) is 2. The summed E-state index contributed by atoms with van der Waals surface area (Å²) >= 11 is 0. The van der Waals surface area contributed by atoms with Gasteiger partial charge in [-0.15, -0.1) is 0 Å². The van der Waals surface area contributed by atoms with Gasteiger partial charge in [0.25, 0.3) is 0 Å². The standard InChI is InChI=1S/C12H18NO3/c1-13(14,15)12-8-3-2-5-10(12)9-16-11-6-4-7-11/h2-3,5,8,11,14-15H,4,6-7,9H2,1H3/q+1. The molecule has 2 rings (SSSR count). The summed E-state index contributed by atoms with van der Waals surface area (Å²) in [4.78, 5) is -1.15. The number of benzene rings is 1. The molecule has 0 saturated heterocycles. The van der Waals surface area contributed by atoms with Crippen LogP contribution in [0.15, 0.2) is 24.3 Å². The average molecular weight is 224 g/mol. The minimum absolute atomic E-state index is 0.351. The minimum atomic E-state index is -1.15. The van der Waals surface area contributed by atoms with E-state index in [4.69, 9.17) is 4.74 Å². The van der Waals surface area contributed by atoms with Crippen LogP contribution in [0.4, 0.5) is 5.69 Å². The van der Waals surface area contributed by atoms with Crippen LogP contribution in [0.3, 0.4) is 0 Å². The van der Waals surface area contributed by atoms with Crippen molar-refractivity contribution >= 4 is 5.69 Å². The largest absolute Gasteiger partial charge is 0.373 e. The van der Waals surface area contributed by atoms with E-state index >= 15 is 0 Å². The number of ether oxygens (including phenoxy) is 1. The average Bonchev–Trinajstić information content (AvgIpc) is 2.14. The molecule has 1 aliphatic carbocycles. The molecule has 0 bridgehead atoms. The normalized spacial score (nSPS) is 17.2. The SMILES string of the molecule is C[N+](O)(O)c1ccccc1COC1CCC1. The van der Waals surface area contributed by atoms with Crippen molar-refractivity contribution < 1.29 is 15.2 Å². The van der Waals surface area contributed by atoms with Crippen LogP contribution < -0.4 is 4.81 Å². The first-order valence-corrected chi connectivity index (χ1v) is 5.59. The summed E-state index contributed by atoms with van der Waals surface area (Å²) < 4.78 is 5.67. The molecule has 2 N–H and O–H groups in total. The molecule has 1 fully saturated rings. The summed E-state index contributed by atoms with van der Waals surface area (Å²) in [5.74, 6) is 0. The van der Waals surface area contributed by atoms with E-state index in [1.54, 1.807) is 12.1 Å². The topological polar surface area (TPSA) is 49.7 Å². The van der Waals surface area contributed by atoms with E-state index in [0.29, 0.717) is 18.4 Å². The zero-order valence-corrected chi connectivity index (χ0v) is 9.47. The molecular weight excluding hydrogens is 206 g/mol. The smallest absolute Gasteiger partial charge is 0.204 e. The number of para-hydroxylation sites is 1. The molecule has 1 aliphatic rings. The quantitative estimate of drug-likeness (QED) is 0.610. The maximum absolute atomic E-state index is 9.54. The van der Waals surface area contributed by atoms with Gasteiger partial charge in [-0.1, -0.05) is 18.2 Å². The third-order valence-corrected chi connectivity index (χ3v) is 2.97. The first-order chi connectivity index (χ1) is 7.57. The Morgan fingerprint density at radius 2 is 2.00 bits per heavy atom. The zero-order valence-electron chi connectivity index (χ0n) is 9.47. The van der Waals surface area contributed by atoms with Gasteiger partial charge in [0.1, 0.15) is 7.05 Å². The Morgan fingerprint density at radius 3 is 2.56 bits per heavy atom. The Kier molecular flexibility index (Phi) is 3.25. The fourth-order valence-electron chi connectivity index (χ4n) is 1.79. The number of nitrogens with zero attached hydrogens (tertiary/aromatic N) is 1. The van der Waals surface area contributed by atoms with Crippen LogP contribution in [-0.4, -0.2) is 23.6 Å². The Hall–Kier alpha value is -0.940. The highest BCUT2D eigenvalue weighted by atomic mass is 16.8. The molecule has 0 heterocycles. The van der Waals surface area contributed by atoms with Gasteiger partial charge in [0.15, 0.2) is 0 Å². The third kappa shape index (κ3) is 2.59. The molecule has 0 aliphatic heterocycles. The van der Waals surface area contributed by atoms with Gasteiger partial charge < -0.3 is 4.74 Å². The van der Waals surface area contributed by atoms with Crippen LogP contribution >= 0.6 is 0 Å². The summed E-state index contributed by atoms with van der Waals surface area (Å²) in [5.41, 5.74) is 1.28. The van der Waals surface area contributed by atoms with Crippen molar-refractivity contribution in [2.45, 2.75) is 32.0 Å². The van der Waals surface area contributed by atoms with Crippen LogP contribution in [0, 0.1) is 0 Å². The van der Waals surface area contributed by atoms with Crippen molar-refractivity contribution in [3.05, 3.63) is 29.8 Å². The second-order valence-corrected chi connectivity index (χ2v) is 4.41. The maximum atomic E-state index is 9.54. The highest BCUT2D eigenvalue weighted by molar-refractivity contribution is 5.46. The zero-order chi connectivity index (χ0) is 11.6. The number of quaternary nitrogens is 1. The lowest BCUT2D eigenvalue weighted by atomic mass is 9.96. The van der Waals surface area contributed by atoms with Crippen molar-refractivity contribution in [3.63, 3.8) is 0 Å². The molecule has 1 aromatic rings. The van der Waals surface area contributed by atoms with Gasteiger partial charge in [0, 0.05) is 11.6 Å². The van der Waals surface area contributed by atoms with Gasteiger partial charge in [-0.25, -0.2) is 0 Å². The molecular formula is C12H18NO3+.